The summed E-state index contributed by atoms with van der Waals surface area (Å²) < 4.78 is 5.82. The van der Waals surface area contributed by atoms with Gasteiger partial charge in [-0.05, 0) is 51.1 Å². The van der Waals surface area contributed by atoms with Gasteiger partial charge in [0.2, 0.25) is 5.91 Å². The Labute approximate surface area is 204 Å². The second-order valence-corrected chi connectivity index (χ2v) is 8.94. The van der Waals surface area contributed by atoms with Crippen molar-refractivity contribution in [2.24, 2.45) is 5.92 Å². The van der Waals surface area contributed by atoms with Crippen molar-refractivity contribution in [2.45, 2.75) is 32.9 Å². The lowest BCUT2D eigenvalue weighted by Crippen LogP contribution is -2.48. The molecule has 3 atom stereocenters. The van der Waals surface area contributed by atoms with Crippen molar-refractivity contribution in [2.75, 3.05) is 11.5 Å². The molecule has 0 bridgehead atoms. The van der Waals surface area contributed by atoms with E-state index in [0.717, 1.165) is 16.7 Å². The van der Waals surface area contributed by atoms with Crippen molar-refractivity contribution in [1.29, 1.82) is 0 Å². The molecular weight excluding hydrogens is 442 g/mol. The highest BCUT2D eigenvalue weighted by Crippen LogP contribution is 2.44. The zero-order valence-corrected chi connectivity index (χ0v) is 19.9. The smallest absolute Gasteiger partial charge is 0.268 e. The van der Waals surface area contributed by atoms with Crippen molar-refractivity contribution in [3.05, 3.63) is 95.1 Å². The fraction of sp³-hybridized carbons (Fsp3) is 0.250. The molecule has 0 unspecified atom stereocenters. The van der Waals surface area contributed by atoms with Crippen molar-refractivity contribution in [3.63, 3.8) is 0 Å². The Morgan fingerprint density at radius 1 is 0.886 bits per heavy atom. The van der Waals surface area contributed by atoms with E-state index in [1.165, 1.54) is 9.91 Å². The van der Waals surface area contributed by atoms with Crippen LogP contribution in [0.3, 0.4) is 0 Å². The van der Waals surface area contributed by atoms with Gasteiger partial charge in [-0.2, -0.15) is 0 Å². The molecular formula is C28H27N3O4. The number of para-hydroxylation sites is 1. The molecule has 1 N–H and O–H groups in total. The van der Waals surface area contributed by atoms with E-state index < -0.39 is 23.9 Å². The Morgan fingerprint density at radius 3 is 2.17 bits per heavy atom. The number of carbonyl (C=O) groups is 3. The number of hydrazine groups is 1. The predicted octanol–water partition coefficient (Wildman–Crippen LogP) is 3.96. The van der Waals surface area contributed by atoms with Crippen LogP contribution in [0.1, 0.15) is 40.0 Å². The number of aryl methyl sites for hydroxylation is 2. The van der Waals surface area contributed by atoms with Crippen molar-refractivity contribution >= 4 is 23.4 Å². The Bertz CT molecular complexity index is 1290. The molecule has 2 saturated heterocycles. The molecule has 0 aliphatic carbocycles. The summed E-state index contributed by atoms with van der Waals surface area (Å²) >= 11 is 0. The molecule has 7 heteroatoms. The van der Waals surface area contributed by atoms with Gasteiger partial charge in [-0.15, -0.1) is 0 Å². The number of benzene rings is 3. The van der Waals surface area contributed by atoms with Crippen LogP contribution < -0.4 is 15.1 Å². The molecule has 0 saturated carbocycles. The summed E-state index contributed by atoms with van der Waals surface area (Å²) in [5.41, 5.74) is 6.92. The van der Waals surface area contributed by atoms with Gasteiger partial charge in [-0.3, -0.25) is 19.4 Å². The van der Waals surface area contributed by atoms with E-state index in [0.29, 0.717) is 23.6 Å². The number of nitrogens with one attached hydrogen (secondary N) is 1. The van der Waals surface area contributed by atoms with Gasteiger partial charge in [0.05, 0.1) is 24.3 Å². The fourth-order valence-corrected chi connectivity index (χ4v) is 4.84. The zero-order valence-electron chi connectivity index (χ0n) is 19.9. The van der Waals surface area contributed by atoms with Crippen molar-refractivity contribution < 1.29 is 19.1 Å². The number of fused-ring (bicyclic) bond motifs is 1. The molecule has 2 fully saturated rings. The molecule has 2 aliphatic rings. The molecule has 35 heavy (non-hydrogen) atoms. The van der Waals surface area contributed by atoms with Gasteiger partial charge in [-0.1, -0.05) is 53.6 Å². The highest BCUT2D eigenvalue weighted by molar-refractivity contribution is 6.25. The van der Waals surface area contributed by atoms with Crippen LogP contribution in [0, 0.1) is 19.8 Å². The second kappa shape index (κ2) is 9.00. The van der Waals surface area contributed by atoms with E-state index in [4.69, 9.17) is 4.74 Å². The number of anilines is 1. The number of rotatable bonds is 5. The largest absolute Gasteiger partial charge is 0.494 e. The minimum atomic E-state index is -0.975. The number of amides is 3. The van der Waals surface area contributed by atoms with E-state index in [9.17, 15) is 14.4 Å². The monoisotopic (exact) mass is 469 g/mol. The van der Waals surface area contributed by atoms with Crippen LogP contribution >= 0.6 is 0 Å². The summed E-state index contributed by atoms with van der Waals surface area (Å²) in [5.74, 6) is -1.30. The Balaban J connectivity index is 1.59. The average molecular weight is 470 g/mol. The van der Waals surface area contributed by atoms with Crippen LogP contribution in [0.15, 0.2) is 72.8 Å². The maximum atomic E-state index is 13.8. The number of hydrogen-bond donors (Lipinski definition) is 1. The van der Waals surface area contributed by atoms with Gasteiger partial charge in [-0.25, -0.2) is 10.3 Å². The minimum Gasteiger partial charge on any atom is -0.494 e. The highest BCUT2D eigenvalue weighted by atomic mass is 16.5. The third kappa shape index (κ3) is 3.88. The highest BCUT2D eigenvalue weighted by Gasteiger charge is 2.60. The lowest BCUT2D eigenvalue weighted by Gasteiger charge is -2.26. The normalized spacial score (nSPS) is 21.4. The number of nitrogens with zero attached hydrogens (tertiary/aromatic N) is 2. The quantitative estimate of drug-likeness (QED) is 0.573. The Morgan fingerprint density at radius 2 is 1.51 bits per heavy atom. The first-order valence-corrected chi connectivity index (χ1v) is 11.7. The maximum absolute atomic E-state index is 13.8. The third-order valence-corrected chi connectivity index (χ3v) is 6.60. The van der Waals surface area contributed by atoms with Crippen LogP contribution in [-0.4, -0.2) is 35.4 Å². The molecule has 0 radical (unpaired) electrons. The molecule has 0 spiro atoms. The summed E-state index contributed by atoms with van der Waals surface area (Å²) in [6, 6.07) is 20.2. The van der Waals surface area contributed by atoms with E-state index in [-0.39, 0.29) is 11.8 Å². The fourth-order valence-electron chi connectivity index (χ4n) is 4.84. The molecule has 2 aliphatic heterocycles. The van der Waals surface area contributed by atoms with Crippen LogP contribution in [0.5, 0.6) is 5.75 Å². The van der Waals surface area contributed by atoms with E-state index in [1.807, 2.05) is 69.3 Å². The summed E-state index contributed by atoms with van der Waals surface area (Å²) in [5, 5.41) is 1.33. The number of hydrogen-bond acceptors (Lipinski definition) is 5. The zero-order chi connectivity index (χ0) is 24.7. The predicted molar refractivity (Wildman–Crippen MR) is 132 cm³/mol. The summed E-state index contributed by atoms with van der Waals surface area (Å²) in [6.07, 6.45) is 0. The maximum Gasteiger partial charge on any atom is 0.268 e. The van der Waals surface area contributed by atoms with E-state index in [1.54, 1.807) is 24.3 Å². The van der Waals surface area contributed by atoms with Gasteiger partial charge in [0.1, 0.15) is 11.8 Å². The first-order chi connectivity index (χ1) is 16.9. The van der Waals surface area contributed by atoms with Crippen molar-refractivity contribution in [1.82, 2.24) is 10.4 Å². The molecule has 3 aromatic carbocycles. The Kier molecular flexibility index (Phi) is 5.86. The van der Waals surface area contributed by atoms with E-state index in [2.05, 4.69) is 5.43 Å². The summed E-state index contributed by atoms with van der Waals surface area (Å²) in [4.78, 5) is 42.3. The molecule has 0 aromatic heterocycles. The molecule has 5 rings (SSSR count). The topological polar surface area (TPSA) is 79.0 Å². The average Bonchev–Trinajstić information content (AvgIpc) is 3.37. The lowest BCUT2D eigenvalue weighted by molar-refractivity contribution is -0.123. The molecule has 2 heterocycles. The van der Waals surface area contributed by atoms with Gasteiger partial charge >= 0.3 is 0 Å². The standard InChI is InChI=1S/C28H27N3O4/c1-4-35-22-8-6-5-7-21(22)24-23-25(31(29-24)26(32)19-13-9-17(2)10-14-19)28(34)30(27(23)33)20-15-11-18(3)12-16-20/h5-16,23-25,29H,4H2,1-3H3/t23-,24+,25+/m1/s1. The van der Waals surface area contributed by atoms with E-state index >= 15 is 0 Å². The number of carbonyl (C=O) groups excluding carboxylic acids is 3. The van der Waals surface area contributed by atoms with Crippen LogP contribution in [-0.2, 0) is 9.59 Å². The first-order valence-electron chi connectivity index (χ1n) is 11.7. The minimum absolute atomic E-state index is 0.341. The van der Waals surface area contributed by atoms with Crippen molar-refractivity contribution in [3.8, 4) is 5.75 Å². The molecule has 7 nitrogen and oxygen atoms in total. The summed E-state index contributed by atoms with van der Waals surface area (Å²) in [7, 11) is 0. The van der Waals surface area contributed by atoms with Gasteiger partial charge in [0.15, 0.2) is 0 Å². The molecule has 3 aromatic rings. The molecule has 3 amide bonds. The van der Waals surface area contributed by atoms with Crippen LogP contribution in [0.25, 0.3) is 0 Å². The van der Waals surface area contributed by atoms with Crippen LogP contribution in [0.2, 0.25) is 0 Å². The lowest BCUT2D eigenvalue weighted by atomic mass is 9.90. The Hall–Kier alpha value is -3.97. The van der Waals surface area contributed by atoms with Gasteiger partial charge in [0, 0.05) is 11.1 Å². The van der Waals surface area contributed by atoms with Gasteiger partial charge in [0.25, 0.3) is 11.8 Å². The SMILES string of the molecule is CCOc1ccccc1[C@@H]1NN(C(=O)c2ccc(C)cc2)[C@@H]2C(=O)N(c3ccc(C)cc3)C(=O)[C@@H]21. The van der Waals surface area contributed by atoms with Gasteiger partial charge < -0.3 is 4.74 Å². The second-order valence-electron chi connectivity index (χ2n) is 8.94. The first kappa shape index (κ1) is 22.8. The molecule has 178 valence electrons. The third-order valence-electron chi connectivity index (χ3n) is 6.60. The summed E-state index contributed by atoms with van der Waals surface area (Å²) in [6.45, 7) is 6.22. The van der Waals surface area contributed by atoms with Crippen LogP contribution in [0.4, 0.5) is 5.69 Å². The number of ether oxygens (including phenoxy) is 1. The number of imide groups is 1.